The molecule has 0 fully saturated rings. The summed E-state index contributed by atoms with van der Waals surface area (Å²) in [5.74, 6) is -0.0368. The minimum absolute atomic E-state index is 0.163. The van der Waals surface area contributed by atoms with E-state index >= 15 is 0 Å². The van der Waals surface area contributed by atoms with Crippen LogP contribution in [0.5, 0.6) is 5.75 Å². The van der Waals surface area contributed by atoms with E-state index in [0.717, 1.165) is 12.0 Å². The summed E-state index contributed by atoms with van der Waals surface area (Å²) < 4.78 is 10.0. The maximum Gasteiger partial charge on any atom is 0.330 e. The molecule has 0 N–H and O–H groups in total. The second-order valence-corrected chi connectivity index (χ2v) is 4.73. The van der Waals surface area contributed by atoms with E-state index in [0.29, 0.717) is 23.5 Å². The Morgan fingerprint density at radius 1 is 1.18 bits per heavy atom. The van der Waals surface area contributed by atoms with Crippen LogP contribution < -0.4 is 4.74 Å². The first-order valence-corrected chi connectivity index (χ1v) is 7.26. The molecule has 0 unspecified atom stereocenters. The molecule has 1 rings (SSSR count). The predicted octanol–water partition coefficient (Wildman–Crippen LogP) is 3.51. The number of hydrogen-bond donors (Lipinski definition) is 0. The van der Waals surface area contributed by atoms with Crippen LogP contribution in [-0.4, -0.2) is 25.5 Å². The van der Waals surface area contributed by atoms with Crippen LogP contribution in [0.1, 0.15) is 36.7 Å². The molecule has 0 amide bonds. The van der Waals surface area contributed by atoms with Crippen molar-refractivity contribution >= 4 is 11.8 Å². The molecule has 0 saturated heterocycles. The molecule has 4 nitrogen and oxygen atoms in total. The van der Waals surface area contributed by atoms with Gasteiger partial charge < -0.3 is 9.47 Å². The number of allylic oxidation sites excluding steroid dienone is 3. The third-order valence-electron chi connectivity index (χ3n) is 3.07. The maximum absolute atomic E-state index is 12.3. The molecular formula is C18H22O4. The van der Waals surface area contributed by atoms with Crippen LogP contribution in [0.2, 0.25) is 0 Å². The summed E-state index contributed by atoms with van der Waals surface area (Å²) in [6.45, 7) is 5.83. The number of esters is 1. The fraction of sp³-hybridized carbons (Fsp3) is 0.333. The number of ketones is 1. The van der Waals surface area contributed by atoms with Gasteiger partial charge in [0.2, 0.25) is 0 Å². The highest BCUT2D eigenvalue weighted by Crippen LogP contribution is 2.21. The molecule has 22 heavy (non-hydrogen) atoms. The maximum atomic E-state index is 12.3. The second-order valence-electron chi connectivity index (χ2n) is 4.73. The standard InChI is InChI=1S/C18H22O4/c1-5-14-8-10-17(21-4)15(12-14)16(19)9-7-13(3)11-18(20)22-6-2/h7-12H,5-6H2,1-4H3/b9-7+,13-11+. The van der Waals surface area contributed by atoms with Gasteiger partial charge in [-0.15, -0.1) is 0 Å². The molecule has 0 atom stereocenters. The van der Waals surface area contributed by atoms with Crippen LogP contribution in [-0.2, 0) is 16.0 Å². The number of aryl methyl sites for hydroxylation is 1. The Hall–Kier alpha value is -2.36. The van der Waals surface area contributed by atoms with Crippen molar-refractivity contribution in [2.45, 2.75) is 27.2 Å². The highest BCUT2D eigenvalue weighted by molar-refractivity contribution is 6.07. The third kappa shape index (κ3) is 5.20. The topological polar surface area (TPSA) is 52.6 Å². The Kier molecular flexibility index (Phi) is 7.09. The van der Waals surface area contributed by atoms with E-state index in [1.54, 1.807) is 26.0 Å². The van der Waals surface area contributed by atoms with Gasteiger partial charge in [-0.1, -0.05) is 19.1 Å². The van der Waals surface area contributed by atoms with Gasteiger partial charge in [-0.3, -0.25) is 4.79 Å². The zero-order valence-electron chi connectivity index (χ0n) is 13.5. The third-order valence-corrected chi connectivity index (χ3v) is 3.07. The van der Waals surface area contributed by atoms with Crippen molar-refractivity contribution in [3.63, 3.8) is 0 Å². The van der Waals surface area contributed by atoms with Gasteiger partial charge in [0.1, 0.15) is 5.75 Å². The molecule has 0 bridgehead atoms. The van der Waals surface area contributed by atoms with E-state index in [4.69, 9.17) is 9.47 Å². The Labute approximate surface area is 131 Å². The first kappa shape index (κ1) is 17.7. The van der Waals surface area contributed by atoms with Gasteiger partial charge >= 0.3 is 5.97 Å². The van der Waals surface area contributed by atoms with Crippen molar-refractivity contribution in [1.29, 1.82) is 0 Å². The van der Waals surface area contributed by atoms with Crippen molar-refractivity contribution in [2.24, 2.45) is 0 Å². The number of carbonyl (C=O) groups excluding carboxylic acids is 2. The molecule has 0 aliphatic rings. The second kappa shape index (κ2) is 8.82. The molecule has 0 aromatic heterocycles. The minimum Gasteiger partial charge on any atom is -0.496 e. The highest BCUT2D eigenvalue weighted by Gasteiger charge is 2.10. The van der Waals surface area contributed by atoms with Gasteiger partial charge in [-0.05, 0) is 49.6 Å². The Balaban J connectivity index is 2.92. The van der Waals surface area contributed by atoms with Gasteiger partial charge in [-0.25, -0.2) is 4.79 Å². The molecule has 4 heteroatoms. The smallest absolute Gasteiger partial charge is 0.330 e. The van der Waals surface area contributed by atoms with Crippen LogP contribution in [0, 0.1) is 0 Å². The first-order valence-electron chi connectivity index (χ1n) is 7.26. The number of hydrogen-bond acceptors (Lipinski definition) is 4. The van der Waals surface area contributed by atoms with Crippen molar-refractivity contribution in [3.8, 4) is 5.75 Å². The lowest BCUT2D eigenvalue weighted by atomic mass is 10.0. The fourth-order valence-electron chi connectivity index (χ4n) is 1.88. The number of methoxy groups -OCH3 is 1. The van der Waals surface area contributed by atoms with E-state index in [-0.39, 0.29) is 5.78 Å². The fourth-order valence-corrected chi connectivity index (χ4v) is 1.88. The van der Waals surface area contributed by atoms with Crippen LogP contribution in [0.4, 0.5) is 0 Å². The molecule has 0 saturated carbocycles. The Bertz CT molecular complexity index is 597. The lowest BCUT2D eigenvalue weighted by Crippen LogP contribution is -2.01. The number of carbonyl (C=O) groups is 2. The van der Waals surface area contributed by atoms with Gasteiger partial charge in [0.15, 0.2) is 5.78 Å². The molecule has 0 aliphatic carbocycles. The van der Waals surface area contributed by atoms with E-state index in [2.05, 4.69) is 0 Å². The molecule has 0 spiro atoms. The Morgan fingerprint density at radius 3 is 2.50 bits per heavy atom. The quantitative estimate of drug-likeness (QED) is 0.335. The van der Waals surface area contributed by atoms with Gasteiger partial charge in [0.25, 0.3) is 0 Å². The summed E-state index contributed by atoms with van der Waals surface area (Å²) in [6, 6.07) is 5.56. The van der Waals surface area contributed by atoms with Gasteiger partial charge in [-0.2, -0.15) is 0 Å². The van der Waals surface area contributed by atoms with E-state index in [9.17, 15) is 9.59 Å². The van der Waals surface area contributed by atoms with E-state index < -0.39 is 5.97 Å². The first-order chi connectivity index (χ1) is 10.5. The van der Waals surface area contributed by atoms with Crippen LogP contribution in [0.15, 0.2) is 42.0 Å². The number of benzene rings is 1. The SMILES string of the molecule is CCOC(=O)/C=C(C)/C=C/C(=O)c1cc(CC)ccc1OC. The summed E-state index contributed by atoms with van der Waals surface area (Å²) in [6.07, 6.45) is 5.22. The largest absolute Gasteiger partial charge is 0.496 e. The molecule has 0 heterocycles. The van der Waals surface area contributed by atoms with Gasteiger partial charge in [0.05, 0.1) is 19.3 Å². The predicted molar refractivity (Wildman–Crippen MR) is 86.2 cm³/mol. The zero-order valence-corrected chi connectivity index (χ0v) is 13.5. The number of ether oxygens (including phenoxy) is 2. The summed E-state index contributed by atoms with van der Waals surface area (Å²) in [7, 11) is 1.54. The summed E-state index contributed by atoms with van der Waals surface area (Å²) in [4.78, 5) is 23.6. The van der Waals surface area contributed by atoms with Crippen molar-refractivity contribution in [3.05, 3.63) is 53.1 Å². The van der Waals surface area contributed by atoms with Gasteiger partial charge in [0, 0.05) is 6.08 Å². The van der Waals surface area contributed by atoms with E-state index in [1.807, 2.05) is 19.1 Å². The lowest BCUT2D eigenvalue weighted by Gasteiger charge is -2.07. The molecule has 1 aromatic rings. The van der Waals surface area contributed by atoms with Crippen LogP contribution in [0.25, 0.3) is 0 Å². The van der Waals surface area contributed by atoms with Crippen molar-refractivity contribution < 1.29 is 19.1 Å². The van der Waals surface area contributed by atoms with E-state index in [1.165, 1.54) is 19.3 Å². The number of rotatable bonds is 7. The molecule has 0 aliphatic heterocycles. The van der Waals surface area contributed by atoms with Crippen molar-refractivity contribution in [2.75, 3.05) is 13.7 Å². The lowest BCUT2D eigenvalue weighted by molar-refractivity contribution is -0.137. The highest BCUT2D eigenvalue weighted by atomic mass is 16.5. The summed E-state index contributed by atoms with van der Waals surface area (Å²) >= 11 is 0. The zero-order chi connectivity index (χ0) is 16.5. The minimum atomic E-state index is -0.414. The van der Waals surface area contributed by atoms with Crippen LogP contribution >= 0.6 is 0 Å². The molecular weight excluding hydrogens is 280 g/mol. The van der Waals surface area contributed by atoms with Crippen LogP contribution in [0.3, 0.4) is 0 Å². The van der Waals surface area contributed by atoms with Crippen molar-refractivity contribution in [1.82, 2.24) is 0 Å². The molecule has 1 aromatic carbocycles. The summed E-state index contributed by atoms with van der Waals surface area (Å²) in [5, 5.41) is 0. The summed E-state index contributed by atoms with van der Waals surface area (Å²) in [5.41, 5.74) is 2.23. The molecule has 0 radical (unpaired) electrons. The average Bonchev–Trinajstić information content (AvgIpc) is 2.52. The normalized spacial score (nSPS) is 11.5. The molecule has 118 valence electrons. The monoisotopic (exact) mass is 302 g/mol. The Morgan fingerprint density at radius 2 is 1.91 bits per heavy atom. The average molecular weight is 302 g/mol.